The Morgan fingerprint density at radius 2 is 1.83 bits per heavy atom. The van der Waals surface area contributed by atoms with E-state index in [9.17, 15) is 4.79 Å². The second-order valence-corrected chi connectivity index (χ2v) is 7.55. The van der Waals surface area contributed by atoms with Crippen LogP contribution in [0.25, 0.3) is 11.7 Å². The Morgan fingerprint density at radius 3 is 2.55 bits per heavy atom. The number of fused-ring (bicyclic) bond motifs is 1. The Bertz CT molecular complexity index is 1010. The van der Waals surface area contributed by atoms with Crippen molar-refractivity contribution in [1.29, 1.82) is 0 Å². The highest BCUT2D eigenvalue weighted by Gasteiger charge is 2.22. The molecule has 0 N–H and O–H groups in total. The van der Waals surface area contributed by atoms with Crippen LogP contribution >= 0.6 is 0 Å². The number of amides is 1. The standard InChI is InChI=1S/C24H28N4O/c1-3-22-19(2)28-18-21(11-12-23(28)25-22)24(29)27-16-14-26(15-17-27)13-7-10-20-8-5-4-6-9-20/h4-12,18H,3,13-17H2,1-2H3/b10-7+. The summed E-state index contributed by atoms with van der Waals surface area (Å²) in [5, 5.41) is 0. The number of pyridine rings is 1. The van der Waals surface area contributed by atoms with Crippen LogP contribution < -0.4 is 0 Å². The number of piperazine rings is 1. The van der Waals surface area contributed by atoms with Gasteiger partial charge in [-0.05, 0) is 31.0 Å². The van der Waals surface area contributed by atoms with Crippen molar-refractivity contribution >= 4 is 17.6 Å². The third-order valence-electron chi connectivity index (χ3n) is 5.67. The summed E-state index contributed by atoms with van der Waals surface area (Å²) in [4.78, 5) is 22.0. The molecule has 0 spiro atoms. The van der Waals surface area contributed by atoms with Crippen molar-refractivity contribution < 1.29 is 4.79 Å². The van der Waals surface area contributed by atoms with E-state index in [0.717, 1.165) is 61.7 Å². The molecule has 3 heterocycles. The molecule has 1 fully saturated rings. The zero-order valence-corrected chi connectivity index (χ0v) is 17.2. The molecule has 150 valence electrons. The van der Waals surface area contributed by atoms with E-state index in [4.69, 9.17) is 0 Å². The largest absolute Gasteiger partial charge is 0.336 e. The van der Waals surface area contributed by atoms with Crippen molar-refractivity contribution in [3.8, 4) is 0 Å². The molecule has 5 nitrogen and oxygen atoms in total. The molecule has 0 aliphatic carbocycles. The van der Waals surface area contributed by atoms with E-state index in [1.165, 1.54) is 5.56 Å². The third kappa shape index (κ3) is 4.25. The molecule has 0 atom stereocenters. The zero-order chi connectivity index (χ0) is 20.2. The fraction of sp³-hybridized carbons (Fsp3) is 0.333. The van der Waals surface area contributed by atoms with Gasteiger partial charge in [0.2, 0.25) is 0 Å². The summed E-state index contributed by atoms with van der Waals surface area (Å²) >= 11 is 0. The minimum atomic E-state index is 0.109. The Kier molecular flexibility index (Phi) is 5.76. The number of imidazole rings is 1. The molecule has 1 amide bonds. The smallest absolute Gasteiger partial charge is 0.255 e. The van der Waals surface area contributed by atoms with Gasteiger partial charge in [-0.2, -0.15) is 0 Å². The molecular weight excluding hydrogens is 360 g/mol. The fourth-order valence-corrected chi connectivity index (χ4v) is 3.89. The first kappa shape index (κ1) is 19.4. The van der Waals surface area contributed by atoms with E-state index < -0.39 is 0 Å². The summed E-state index contributed by atoms with van der Waals surface area (Å²) in [6.45, 7) is 8.41. The van der Waals surface area contributed by atoms with Crippen molar-refractivity contribution in [2.24, 2.45) is 0 Å². The maximum Gasteiger partial charge on any atom is 0.255 e. The van der Waals surface area contributed by atoms with Gasteiger partial charge in [0.1, 0.15) is 5.65 Å². The lowest BCUT2D eigenvalue weighted by Gasteiger charge is -2.34. The quantitative estimate of drug-likeness (QED) is 0.670. The van der Waals surface area contributed by atoms with Gasteiger partial charge in [-0.3, -0.25) is 9.69 Å². The second-order valence-electron chi connectivity index (χ2n) is 7.55. The molecule has 0 bridgehead atoms. The molecule has 29 heavy (non-hydrogen) atoms. The van der Waals surface area contributed by atoms with E-state index in [1.807, 2.05) is 33.7 Å². The average molecular weight is 389 g/mol. The van der Waals surface area contributed by atoms with Crippen LogP contribution in [0.5, 0.6) is 0 Å². The number of hydrogen-bond donors (Lipinski definition) is 0. The summed E-state index contributed by atoms with van der Waals surface area (Å²) in [7, 11) is 0. The molecule has 1 saturated heterocycles. The summed E-state index contributed by atoms with van der Waals surface area (Å²) in [5.41, 5.74) is 5.07. The van der Waals surface area contributed by atoms with Crippen LogP contribution in [0.4, 0.5) is 0 Å². The highest BCUT2D eigenvalue weighted by atomic mass is 16.2. The molecule has 1 aliphatic heterocycles. The Labute approximate surface area is 172 Å². The molecular formula is C24H28N4O. The lowest BCUT2D eigenvalue weighted by atomic mass is 10.2. The highest BCUT2D eigenvalue weighted by molar-refractivity contribution is 5.94. The normalized spacial score (nSPS) is 15.4. The van der Waals surface area contributed by atoms with Gasteiger partial charge in [0.15, 0.2) is 0 Å². The predicted octanol–water partition coefficient (Wildman–Crippen LogP) is 3.68. The summed E-state index contributed by atoms with van der Waals surface area (Å²) in [5.74, 6) is 0.109. The van der Waals surface area contributed by atoms with Gasteiger partial charge < -0.3 is 9.30 Å². The number of carbonyl (C=O) groups excluding carboxylic acids is 1. The topological polar surface area (TPSA) is 40.9 Å². The third-order valence-corrected chi connectivity index (χ3v) is 5.67. The molecule has 0 unspecified atom stereocenters. The van der Waals surface area contributed by atoms with Gasteiger partial charge in [-0.25, -0.2) is 4.98 Å². The van der Waals surface area contributed by atoms with E-state index in [2.05, 4.69) is 60.1 Å². The van der Waals surface area contributed by atoms with Crippen molar-refractivity contribution in [2.45, 2.75) is 20.3 Å². The highest BCUT2D eigenvalue weighted by Crippen LogP contribution is 2.16. The summed E-state index contributed by atoms with van der Waals surface area (Å²) < 4.78 is 2.04. The van der Waals surface area contributed by atoms with Crippen LogP contribution in [0, 0.1) is 6.92 Å². The number of rotatable bonds is 5. The van der Waals surface area contributed by atoms with Crippen molar-refractivity contribution in [2.75, 3.05) is 32.7 Å². The molecule has 5 heteroatoms. The van der Waals surface area contributed by atoms with Crippen LogP contribution in [0.15, 0.2) is 54.7 Å². The molecule has 2 aromatic heterocycles. The first-order valence-corrected chi connectivity index (χ1v) is 10.4. The molecule has 0 saturated carbocycles. The zero-order valence-electron chi connectivity index (χ0n) is 17.2. The van der Waals surface area contributed by atoms with E-state index in [1.54, 1.807) is 0 Å². The molecule has 0 radical (unpaired) electrons. The predicted molar refractivity (Wildman–Crippen MR) is 117 cm³/mol. The molecule has 4 rings (SSSR count). The van der Waals surface area contributed by atoms with Crippen molar-refractivity contribution in [1.82, 2.24) is 19.2 Å². The van der Waals surface area contributed by atoms with Gasteiger partial charge in [-0.1, -0.05) is 49.4 Å². The summed E-state index contributed by atoms with van der Waals surface area (Å²) in [6.07, 6.45) is 7.20. The summed E-state index contributed by atoms with van der Waals surface area (Å²) in [6, 6.07) is 14.2. The average Bonchev–Trinajstić information content (AvgIpc) is 3.09. The number of benzene rings is 1. The molecule has 1 aromatic carbocycles. The SMILES string of the molecule is CCc1nc2ccc(C(=O)N3CCN(C/C=C/c4ccccc4)CC3)cn2c1C. The van der Waals surface area contributed by atoms with Crippen LogP contribution in [0.3, 0.4) is 0 Å². The molecule has 3 aromatic rings. The number of aryl methyl sites for hydroxylation is 2. The Morgan fingerprint density at radius 1 is 1.07 bits per heavy atom. The fourth-order valence-electron chi connectivity index (χ4n) is 3.89. The van der Waals surface area contributed by atoms with E-state index in [0.29, 0.717) is 0 Å². The lowest BCUT2D eigenvalue weighted by molar-refractivity contribution is 0.0650. The Hall–Kier alpha value is -2.92. The van der Waals surface area contributed by atoms with Gasteiger partial charge in [-0.15, -0.1) is 0 Å². The van der Waals surface area contributed by atoms with Crippen LogP contribution in [0.1, 0.15) is 34.2 Å². The number of carbonyl (C=O) groups is 1. The van der Waals surface area contributed by atoms with Crippen molar-refractivity contribution in [3.63, 3.8) is 0 Å². The van der Waals surface area contributed by atoms with Crippen LogP contribution in [0.2, 0.25) is 0 Å². The van der Waals surface area contributed by atoms with E-state index in [-0.39, 0.29) is 5.91 Å². The first-order chi connectivity index (χ1) is 14.2. The number of aromatic nitrogens is 2. The molecule has 1 aliphatic rings. The lowest BCUT2D eigenvalue weighted by Crippen LogP contribution is -2.48. The van der Waals surface area contributed by atoms with E-state index >= 15 is 0 Å². The monoisotopic (exact) mass is 388 g/mol. The maximum absolute atomic E-state index is 13.0. The van der Waals surface area contributed by atoms with Gasteiger partial charge in [0.05, 0.1) is 11.3 Å². The van der Waals surface area contributed by atoms with Gasteiger partial charge in [0.25, 0.3) is 5.91 Å². The van der Waals surface area contributed by atoms with Crippen molar-refractivity contribution in [3.05, 3.63) is 77.3 Å². The second kappa shape index (κ2) is 8.62. The number of hydrogen-bond acceptors (Lipinski definition) is 3. The maximum atomic E-state index is 13.0. The number of nitrogens with zero attached hydrogens (tertiary/aromatic N) is 4. The van der Waals surface area contributed by atoms with Gasteiger partial charge in [0, 0.05) is 44.6 Å². The van der Waals surface area contributed by atoms with Crippen LogP contribution in [-0.4, -0.2) is 57.8 Å². The van der Waals surface area contributed by atoms with Gasteiger partial charge >= 0.3 is 0 Å². The Balaban J connectivity index is 1.36. The minimum Gasteiger partial charge on any atom is -0.336 e. The van der Waals surface area contributed by atoms with Crippen LogP contribution in [-0.2, 0) is 6.42 Å². The minimum absolute atomic E-state index is 0.109. The first-order valence-electron chi connectivity index (χ1n) is 10.4.